The van der Waals surface area contributed by atoms with Gasteiger partial charge in [0.15, 0.2) is 0 Å². The van der Waals surface area contributed by atoms with Crippen LogP contribution in [0.15, 0.2) is 24.3 Å². The van der Waals surface area contributed by atoms with Crippen LogP contribution in [0.4, 0.5) is 5.69 Å². The van der Waals surface area contributed by atoms with Crippen molar-refractivity contribution in [3.63, 3.8) is 0 Å². The molecule has 0 amide bonds. The Morgan fingerprint density at radius 1 is 1.05 bits per heavy atom. The monoisotopic (exact) mass is 273 g/mol. The number of nitrogens with two attached hydrogens (primary N) is 1. The van der Waals surface area contributed by atoms with Crippen molar-refractivity contribution in [1.82, 2.24) is 9.80 Å². The first-order chi connectivity index (χ1) is 9.81. The Bertz CT molecular complexity index is 418. The summed E-state index contributed by atoms with van der Waals surface area (Å²) in [6, 6.07) is 9.21. The Hall–Kier alpha value is -1.06. The van der Waals surface area contributed by atoms with E-state index in [2.05, 4.69) is 28.0 Å². The molecule has 1 aromatic rings. The van der Waals surface area contributed by atoms with E-state index in [-0.39, 0.29) is 0 Å². The van der Waals surface area contributed by atoms with Crippen LogP contribution in [0.5, 0.6) is 0 Å². The fraction of sp³-hybridized carbons (Fsp3) is 0.647. The molecule has 3 heteroatoms. The van der Waals surface area contributed by atoms with Crippen molar-refractivity contribution in [3.8, 4) is 0 Å². The first-order valence-corrected chi connectivity index (χ1v) is 8.12. The van der Waals surface area contributed by atoms with E-state index >= 15 is 0 Å². The smallest absolute Gasteiger partial charge is 0.0316 e. The average Bonchev–Trinajstić information content (AvgIpc) is 3.00. The van der Waals surface area contributed by atoms with Gasteiger partial charge in [-0.25, -0.2) is 0 Å². The average molecular weight is 273 g/mol. The first-order valence-electron chi connectivity index (χ1n) is 8.12. The number of hydrogen-bond acceptors (Lipinski definition) is 3. The summed E-state index contributed by atoms with van der Waals surface area (Å²) in [5, 5.41) is 0. The zero-order valence-electron chi connectivity index (χ0n) is 12.4. The second-order valence-corrected chi connectivity index (χ2v) is 6.31. The van der Waals surface area contributed by atoms with Crippen molar-refractivity contribution in [2.75, 3.05) is 38.5 Å². The highest BCUT2D eigenvalue weighted by molar-refractivity contribution is 5.40. The number of rotatable bonds is 4. The lowest BCUT2D eigenvalue weighted by Gasteiger charge is -2.38. The van der Waals surface area contributed by atoms with E-state index in [0.717, 1.165) is 18.2 Å². The van der Waals surface area contributed by atoms with Gasteiger partial charge < -0.3 is 10.6 Å². The van der Waals surface area contributed by atoms with Crippen LogP contribution in [-0.4, -0.2) is 48.6 Å². The largest absolute Gasteiger partial charge is 0.399 e. The van der Waals surface area contributed by atoms with Gasteiger partial charge in [-0.2, -0.15) is 0 Å². The van der Waals surface area contributed by atoms with Crippen LogP contribution < -0.4 is 5.73 Å². The summed E-state index contributed by atoms with van der Waals surface area (Å²) in [6.07, 6.45) is 6.88. The highest BCUT2D eigenvalue weighted by Crippen LogP contribution is 2.24. The third kappa shape index (κ3) is 3.53. The zero-order chi connectivity index (χ0) is 13.8. The van der Waals surface area contributed by atoms with E-state index in [1.54, 1.807) is 0 Å². The van der Waals surface area contributed by atoms with E-state index < -0.39 is 0 Å². The van der Waals surface area contributed by atoms with E-state index in [4.69, 9.17) is 5.73 Å². The van der Waals surface area contributed by atoms with Gasteiger partial charge in [-0.05, 0) is 37.0 Å². The van der Waals surface area contributed by atoms with Gasteiger partial charge >= 0.3 is 0 Å². The summed E-state index contributed by atoms with van der Waals surface area (Å²) in [7, 11) is 0. The van der Waals surface area contributed by atoms with Gasteiger partial charge in [0.25, 0.3) is 0 Å². The number of nitrogens with zero attached hydrogens (tertiary/aromatic N) is 2. The van der Waals surface area contributed by atoms with Crippen LogP contribution in [0.25, 0.3) is 0 Å². The number of benzene rings is 1. The minimum Gasteiger partial charge on any atom is -0.399 e. The summed E-state index contributed by atoms with van der Waals surface area (Å²) in [6.45, 7) is 6.17. The maximum absolute atomic E-state index is 5.84. The minimum atomic E-state index is 0.883. The summed E-state index contributed by atoms with van der Waals surface area (Å²) >= 11 is 0. The van der Waals surface area contributed by atoms with Crippen molar-refractivity contribution in [2.45, 2.75) is 38.1 Å². The maximum atomic E-state index is 5.84. The van der Waals surface area contributed by atoms with E-state index in [1.165, 1.54) is 64.0 Å². The molecule has 1 heterocycles. The summed E-state index contributed by atoms with van der Waals surface area (Å²) < 4.78 is 0. The lowest BCUT2D eigenvalue weighted by atomic mass is 10.1. The van der Waals surface area contributed by atoms with Crippen molar-refractivity contribution >= 4 is 5.69 Å². The van der Waals surface area contributed by atoms with Crippen LogP contribution >= 0.6 is 0 Å². The summed E-state index contributed by atoms with van der Waals surface area (Å²) in [5.41, 5.74) is 8.08. The molecule has 1 aliphatic carbocycles. The molecule has 0 radical (unpaired) electrons. The van der Waals surface area contributed by atoms with Gasteiger partial charge in [-0.3, -0.25) is 4.90 Å². The van der Waals surface area contributed by atoms with E-state index in [1.807, 2.05) is 6.07 Å². The normalized spacial score (nSPS) is 22.4. The van der Waals surface area contributed by atoms with Crippen LogP contribution in [0, 0.1) is 0 Å². The molecular formula is C17H27N3. The van der Waals surface area contributed by atoms with Gasteiger partial charge in [0.2, 0.25) is 0 Å². The predicted octanol–water partition coefficient (Wildman–Crippen LogP) is 2.37. The molecule has 0 spiro atoms. The molecule has 1 aliphatic heterocycles. The Kier molecular flexibility index (Phi) is 4.58. The Morgan fingerprint density at radius 3 is 2.50 bits per heavy atom. The molecule has 2 N–H and O–H groups in total. The molecule has 0 unspecified atom stereocenters. The molecule has 1 aromatic carbocycles. The van der Waals surface area contributed by atoms with Crippen LogP contribution in [-0.2, 0) is 6.42 Å². The number of anilines is 1. The quantitative estimate of drug-likeness (QED) is 0.855. The topological polar surface area (TPSA) is 32.5 Å². The molecular weight excluding hydrogens is 246 g/mol. The van der Waals surface area contributed by atoms with Gasteiger partial charge in [0.1, 0.15) is 0 Å². The molecule has 3 nitrogen and oxygen atoms in total. The van der Waals surface area contributed by atoms with Gasteiger partial charge in [-0.1, -0.05) is 25.0 Å². The molecule has 0 aromatic heterocycles. The third-order valence-corrected chi connectivity index (χ3v) is 4.92. The highest BCUT2D eigenvalue weighted by atomic mass is 15.3. The Labute approximate surface area is 122 Å². The maximum Gasteiger partial charge on any atom is 0.0316 e. The number of hydrogen-bond donors (Lipinski definition) is 1. The van der Waals surface area contributed by atoms with Crippen molar-refractivity contribution in [3.05, 3.63) is 29.8 Å². The molecule has 110 valence electrons. The van der Waals surface area contributed by atoms with Crippen molar-refractivity contribution < 1.29 is 0 Å². The SMILES string of the molecule is Nc1cccc(CCN2CCN(C3CCCC3)CC2)c1. The fourth-order valence-corrected chi connectivity index (χ4v) is 3.66. The summed E-state index contributed by atoms with van der Waals surface area (Å²) in [5.74, 6) is 0. The molecule has 2 aliphatic rings. The second-order valence-electron chi connectivity index (χ2n) is 6.31. The molecule has 0 atom stereocenters. The van der Waals surface area contributed by atoms with Gasteiger partial charge in [0.05, 0.1) is 0 Å². The third-order valence-electron chi connectivity index (χ3n) is 4.92. The highest BCUT2D eigenvalue weighted by Gasteiger charge is 2.25. The lowest BCUT2D eigenvalue weighted by Crippen LogP contribution is -2.50. The Balaban J connectivity index is 1.42. The number of nitrogen functional groups attached to an aromatic ring is 1. The molecule has 1 saturated carbocycles. The predicted molar refractivity (Wildman–Crippen MR) is 84.8 cm³/mol. The van der Waals surface area contributed by atoms with Crippen molar-refractivity contribution in [2.24, 2.45) is 0 Å². The molecule has 1 saturated heterocycles. The lowest BCUT2D eigenvalue weighted by molar-refractivity contribution is 0.0987. The number of piperazine rings is 1. The molecule has 2 fully saturated rings. The van der Waals surface area contributed by atoms with Crippen LogP contribution in [0.2, 0.25) is 0 Å². The summed E-state index contributed by atoms with van der Waals surface area (Å²) in [4.78, 5) is 5.33. The van der Waals surface area contributed by atoms with E-state index in [0.29, 0.717) is 0 Å². The fourth-order valence-electron chi connectivity index (χ4n) is 3.66. The second kappa shape index (κ2) is 6.59. The Morgan fingerprint density at radius 2 is 1.80 bits per heavy atom. The molecule has 20 heavy (non-hydrogen) atoms. The van der Waals surface area contributed by atoms with Crippen LogP contribution in [0.3, 0.4) is 0 Å². The van der Waals surface area contributed by atoms with E-state index in [9.17, 15) is 0 Å². The standard InChI is InChI=1S/C17H27N3/c18-16-5-3-4-15(14-16)8-9-19-10-12-20(13-11-19)17-6-1-2-7-17/h3-5,14,17H,1-2,6-13,18H2. The molecule has 3 rings (SSSR count). The van der Waals surface area contributed by atoms with Gasteiger partial charge in [-0.15, -0.1) is 0 Å². The van der Waals surface area contributed by atoms with Crippen molar-refractivity contribution in [1.29, 1.82) is 0 Å². The first kappa shape index (κ1) is 13.9. The molecule has 0 bridgehead atoms. The minimum absolute atomic E-state index is 0.883. The van der Waals surface area contributed by atoms with Crippen LogP contribution in [0.1, 0.15) is 31.2 Å². The zero-order valence-corrected chi connectivity index (χ0v) is 12.4. The van der Waals surface area contributed by atoms with Gasteiger partial charge in [0, 0.05) is 44.5 Å².